The lowest BCUT2D eigenvalue weighted by atomic mass is 9.96. The van der Waals surface area contributed by atoms with E-state index in [2.05, 4.69) is 191 Å². The second-order valence-corrected chi connectivity index (χ2v) is 13.7. The summed E-state index contributed by atoms with van der Waals surface area (Å²) in [5.74, 6) is 0. The standard InChI is InChI=1S/C49H32N2/c1-3-13-32(14-4-1)36-19-11-20-37-38-21-12-24-47(44(38)31-41(36)37)51-46-23-10-8-18-40(46)43-30-34(26-28-49(43)51)33-25-27-48-42(29-33)39-17-7-9-22-45(39)50(48)35-15-5-2-6-16-35/h1-30H,31H2. The van der Waals surface area contributed by atoms with Crippen molar-refractivity contribution in [3.8, 4) is 44.8 Å². The van der Waals surface area contributed by atoms with E-state index in [4.69, 9.17) is 0 Å². The highest BCUT2D eigenvalue weighted by molar-refractivity contribution is 6.13. The van der Waals surface area contributed by atoms with Crippen molar-refractivity contribution in [1.82, 2.24) is 9.13 Å². The van der Waals surface area contributed by atoms with E-state index in [-0.39, 0.29) is 0 Å². The van der Waals surface area contributed by atoms with Crippen LogP contribution in [0.2, 0.25) is 0 Å². The summed E-state index contributed by atoms with van der Waals surface area (Å²) >= 11 is 0. The van der Waals surface area contributed by atoms with Gasteiger partial charge in [0.05, 0.1) is 27.8 Å². The van der Waals surface area contributed by atoms with Gasteiger partial charge in [0, 0.05) is 33.7 Å². The monoisotopic (exact) mass is 648 g/mol. The molecule has 10 aromatic rings. The highest BCUT2D eigenvalue weighted by Crippen LogP contribution is 2.46. The average molecular weight is 649 g/mol. The van der Waals surface area contributed by atoms with E-state index in [1.807, 2.05) is 0 Å². The number of nitrogens with zero attached hydrogens (tertiary/aromatic N) is 2. The summed E-state index contributed by atoms with van der Waals surface area (Å²) < 4.78 is 4.88. The molecule has 11 rings (SSSR count). The van der Waals surface area contributed by atoms with Gasteiger partial charge in [-0.05, 0) is 99.1 Å². The van der Waals surface area contributed by atoms with Gasteiger partial charge < -0.3 is 9.13 Å². The fraction of sp³-hybridized carbons (Fsp3) is 0.0204. The molecule has 8 aromatic carbocycles. The van der Waals surface area contributed by atoms with Crippen LogP contribution in [0.15, 0.2) is 182 Å². The third-order valence-electron chi connectivity index (χ3n) is 11.0. The molecular formula is C49H32N2. The van der Waals surface area contributed by atoms with E-state index in [0.29, 0.717) is 0 Å². The highest BCUT2D eigenvalue weighted by Gasteiger charge is 2.26. The molecular weight excluding hydrogens is 617 g/mol. The van der Waals surface area contributed by atoms with E-state index in [0.717, 1.165) is 6.42 Å². The van der Waals surface area contributed by atoms with E-state index < -0.39 is 0 Å². The van der Waals surface area contributed by atoms with Gasteiger partial charge >= 0.3 is 0 Å². The van der Waals surface area contributed by atoms with Crippen LogP contribution in [0.3, 0.4) is 0 Å². The topological polar surface area (TPSA) is 9.86 Å². The number of rotatable bonds is 4. The van der Waals surface area contributed by atoms with Crippen molar-refractivity contribution < 1.29 is 0 Å². The van der Waals surface area contributed by atoms with Crippen LogP contribution in [0, 0.1) is 0 Å². The van der Waals surface area contributed by atoms with Crippen molar-refractivity contribution >= 4 is 43.6 Å². The number of hydrogen-bond acceptors (Lipinski definition) is 0. The van der Waals surface area contributed by atoms with Gasteiger partial charge in [0.2, 0.25) is 0 Å². The van der Waals surface area contributed by atoms with Gasteiger partial charge in [-0.15, -0.1) is 0 Å². The summed E-state index contributed by atoms with van der Waals surface area (Å²) in [6.45, 7) is 0. The second kappa shape index (κ2) is 10.9. The van der Waals surface area contributed by atoms with Gasteiger partial charge in [-0.1, -0.05) is 127 Å². The molecule has 0 N–H and O–H groups in total. The quantitative estimate of drug-likeness (QED) is 0.180. The summed E-state index contributed by atoms with van der Waals surface area (Å²) in [5, 5.41) is 5.08. The fourth-order valence-corrected chi connectivity index (χ4v) is 8.74. The van der Waals surface area contributed by atoms with Crippen LogP contribution >= 0.6 is 0 Å². The molecule has 2 heterocycles. The molecule has 0 bridgehead atoms. The molecule has 1 aliphatic rings. The molecule has 2 aromatic heterocycles. The first kappa shape index (κ1) is 28.2. The minimum atomic E-state index is 0.911. The largest absolute Gasteiger partial charge is 0.309 e. The Balaban J connectivity index is 1.08. The van der Waals surface area contributed by atoms with Crippen LogP contribution < -0.4 is 0 Å². The first-order valence-electron chi connectivity index (χ1n) is 17.7. The van der Waals surface area contributed by atoms with Crippen molar-refractivity contribution in [2.24, 2.45) is 0 Å². The summed E-state index contributed by atoms with van der Waals surface area (Å²) in [6, 6.07) is 66.7. The zero-order chi connectivity index (χ0) is 33.5. The average Bonchev–Trinajstić information content (AvgIpc) is 3.86. The predicted molar refractivity (Wildman–Crippen MR) is 214 cm³/mol. The van der Waals surface area contributed by atoms with Gasteiger partial charge in [0.1, 0.15) is 0 Å². The summed E-state index contributed by atoms with van der Waals surface area (Å²) in [6.07, 6.45) is 0.911. The maximum absolute atomic E-state index is 2.50. The zero-order valence-corrected chi connectivity index (χ0v) is 27.9. The molecule has 0 amide bonds. The number of hydrogen-bond donors (Lipinski definition) is 0. The Kier molecular flexibility index (Phi) is 6.05. The molecule has 0 saturated heterocycles. The second-order valence-electron chi connectivity index (χ2n) is 13.7. The number of aromatic nitrogens is 2. The van der Waals surface area contributed by atoms with Gasteiger partial charge in [-0.25, -0.2) is 0 Å². The number of benzene rings is 8. The van der Waals surface area contributed by atoms with E-state index >= 15 is 0 Å². The Morgan fingerprint density at radius 3 is 1.51 bits per heavy atom. The van der Waals surface area contributed by atoms with E-state index in [1.165, 1.54) is 99.5 Å². The molecule has 0 saturated carbocycles. The first-order chi connectivity index (χ1) is 25.3. The predicted octanol–water partition coefficient (Wildman–Crippen LogP) is 12.8. The third kappa shape index (κ3) is 4.17. The Labute approximate surface area is 296 Å². The lowest BCUT2D eigenvalue weighted by molar-refractivity contribution is 1.12. The number of para-hydroxylation sites is 3. The molecule has 0 fully saturated rings. The van der Waals surface area contributed by atoms with E-state index in [9.17, 15) is 0 Å². The lowest BCUT2D eigenvalue weighted by Gasteiger charge is -2.13. The van der Waals surface area contributed by atoms with Crippen LogP contribution in [0.1, 0.15) is 11.1 Å². The Hall–Kier alpha value is -6.64. The summed E-state index contributed by atoms with van der Waals surface area (Å²) in [5.41, 5.74) is 17.9. The van der Waals surface area contributed by atoms with Crippen LogP contribution in [-0.2, 0) is 6.42 Å². The molecule has 2 heteroatoms. The minimum absolute atomic E-state index is 0.911. The SMILES string of the molecule is c1ccc(-c2cccc3c2Cc2c-3cccc2-n2c3ccccc3c3cc(-c4ccc5c(c4)c4ccccc4n5-c4ccccc4)ccc32)cc1. The molecule has 1 aliphatic carbocycles. The van der Waals surface area contributed by atoms with Crippen LogP contribution in [0.25, 0.3) is 88.4 Å². The third-order valence-corrected chi connectivity index (χ3v) is 11.0. The highest BCUT2D eigenvalue weighted by atomic mass is 15.0. The maximum atomic E-state index is 2.50. The normalized spacial score (nSPS) is 12.2. The summed E-state index contributed by atoms with van der Waals surface area (Å²) in [7, 11) is 0. The Bertz CT molecular complexity index is 2980. The fourth-order valence-electron chi connectivity index (χ4n) is 8.74. The molecule has 2 nitrogen and oxygen atoms in total. The van der Waals surface area contributed by atoms with Gasteiger partial charge in [-0.3, -0.25) is 0 Å². The molecule has 238 valence electrons. The van der Waals surface area contributed by atoms with Crippen molar-refractivity contribution in [3.05, 3.63) is 193 Å². The number of fused-ring (bicyclic) bond motifs is 9. The first-order valence-corrected chi connectivity index (χ1v) is 17.7. The Morgan fingerprint density at radius 2 is 0.824 bits per heavy atom. The van der Waals surface area contributed by atoms with Crippen molar-refractivity contribution in [3.63, 3.8) is 0 Å². The van der Waals surface area contributed by atoms with Crippen LogP contribution in [-0.4, -0.2) is 9.13 Å². The Morgan fingerprint density at radius 1 is 0.314 bits per heavy atom. The maximum Gasteiger partial charge on any atom is 0.0541 e. The zero-order valence-electron chi connectivity index (χ0n) is 27.9. The molecule has 51 heavy (non-hydrogen) atoms. The van der Waals surface area contributed by atoms with Gasteiger partial charge in [-0.2, -0.15) is 0 Å². The molecule has 0 radical (unpaired) electrons. The molecule has 0 spiro atoms. The van der Waals surface area contributed by atoms with E-state index in [1.54, 1.807) is 0 Å². The van der Waals surface area contributed by atoms with Crippen molar-refractivity contribution in [2.75, 3.05) is 0 Å². The van der Waals surface area contributed by atoms with Crippen molar-refractivity contribution in [2.45, 2.75) is 6.42 Å². The molecule has 0 unspecified atom stereocenters. The molecule has 0 atom stereocenters. The minimum Gasteiger partial charge on any atom is -0.309 e. The van der Waals surface area contributed by atoms with Crippen molar-refractivity contribution in [1.29, 1.82) is 0 Å². The smallest absolute Gasteiger partial charge is 0.0541 e. The van der Waals surface area contributed by atoms with Crippen LogP contribution in [0.5, 0.6) is 0 Å². The molecule has 0 aliphatic heterocycles. The summed E-state index contributed by atoms with van der Waals surface area (Å²) in [4.78, 5) is 0. The lowest BCUT2D eigenvalue weighted by Crippen LogP contribution is -1.99. The van der Waals surface area contributed by atoms with Crippen LogP contribution in [0.4, 0.5) is 0 Å². The van der Waals surface area contributed by atoms with Gasteiger partial charge in [0.15, 0.2) is 0 Å². The van der Waals surface area contributed by atoms with Gasteiger partial charge in [0.25, 0.3) is 0 Å².